The molecule has 3 N–H and O–H groups in total. The van der Waals surface area contributed by atoms with Gasteiger partial charge in [0.25, 0.3) is 0 Å². The molecule has 1 fully saturated rings. The second-order valence-electron chi connectivity index (χ2n) is 6.30. The minimum absolute atomic E-state index is 0.237. The highest BCUT2D eigenvalue weighted by Gasteiger charge is 2.16. The second-order valence-corrected chi connectivity index (χ2v) is 6.30. The van der Waals surface area contributed by atoms with E-state index in [1.807, 2.05) is 0 Å². The van der Waals surface area contributed by atoms with E-state index in [4.69, 9.17) is 5.73 Å². The maximum atomic E-state index is 5.95. The molecule has 0 radical (unpaired) electrons. The fraction of sp³-hybridized carbons (Fsp3) is 0.647. The van der Waals surface area contributed by atoms with Crippen LogP contribution in [0.25, 0.3) is 0 Å². The molecule has 1 aromatic carbocycles. The number of nitrogens with two attached hydrogens (primary N) is 1. The Bertz CT molecular complexity index is 380. The van der Waals surface area contributed by atoms with Crippen molar-refractivity contribution in [2.45, 2.75) is 45.6 Å². The highest BCUT2D eigenvalue weighted by molar-refractivity contribution is 5.25. The molecule has 2 rings (SSSR count). The normalized spacial score (nSPS) is 18.4. The summed E-state index contributed by atoms with van der Waals surface area (Å²) in [5.74, 6) is 0.706. The van der Waals surface area contributed by atoms with E-state index in [0.29, 0.717) is 12.5 Å². The SMILES string of the molecule is CC(C)Cc1ccc(C(CN)NN2CCCCC2)cc1. The van der Waals surface area contributed by atoms with Crippen molar-refractivity contribution in [1.29, 1.82) is 0 Å². The van der Waals surface area contributed by atoms with E-state index in [0.717, 1.165) is 19.5 Å². The topological polar surface area (TPSA) is 41.3 Å². The molecule has 0 saturated carbocycles. The molecule has 1 atom stereocenters. The van der Waals surface area contributed by atoms with E-state index in [1.54, 1.807) is 0 Å². The summed E-state index contributed by atoms with van der Waals surface area (Å²) in [5, 5.41) is 2.34. The van der Waals surface area contributed by atoms with Crippen LogP contribution < -0.4 is 11.2 Å². The van der Waals surface area contributed by atoms with Crippen molar-refractivity contribution >= 4 is 0 Å². The molecule has 1 aliphatic rings. The third-order valence-electron chi connectivity index (χ3n) is 3.96. The van der Waals surface area contributed by atoms with Gasteiger partial charge in [-0.3, -0.25) is 0 Å². The lowest BCUT2D eigenvalue weighted by Gasteiger charge is -2.31. The van der Waals surface area contributed by atoms with Gasteiger partial charge in [0, 0.05) is 19.6 Å². The smallest absolute Gasteiger partial charge is 0.0587 e. The quantitative estimate of drug-likeness (QED) is 0.839. The van der Waals surface area contributed by atoms with Gasteiger partial charge in [-0.25, -0.2) is 10.4 Å². The number of benzene rings is 1. The van der Waals surface area contributed by atoms with E-state index < -0.39 is 0 Å². The number of hydrazine groups is 1. The summed E-state index contributed by atoms with van der Waals surface area (Å²) in [4.78, 5) is 0. The van der Waals surface area contributed by atoms with E-state index >= 15 is 0 Å². The molecular weight excluding hydrogens is 246 g/mol. The highest BCUT2D eigenvalue weighted by Crippen LogP contribution is 2.17. The van der Waals surface area contributed by atoms with Crippen molar-refractivity contribution in [2.24, 2.45) is 11.7 Å². The monoisotopic (exact) mass is 275 g/mol. The first-order chi connectivity index (χ1) is 9.69. The number of hydrogen-bond acceptors (Lipinski definition) is 3. The largest absolute Gasteiger partial charge is 0.329 e. The Morgan fingerprint density at radius 1 is 1.10 bits per heavy atom. The van der Waals surface area contributed by atoms with Gasteiger partial charge in [0.15, 0.2) is 0 Å². The fourth-order valence-electron chi connectivity index (χ4n) is 2.86. The van der Waals surface area contributed by atoms with Gasteiger partial charge in [-0.1, -0.05) is 44.5 Å². The Balaban J connectivity index is 1.95. The summed E-state index contributed by atoms with van der Waals surface area (Å²) < 4.78 is 0. The predicted octanol–water partition coefficient (Wildman–Crippen LogP) is 2.88. The standard InChI is InChI=1S/C17H29N3/c1-14(2)12-15-6-8-16(9-7-15)17(13-18)19-20-10-4-3-5-11-20/h6-9,14,17,19H,3-5,10-13,18H2,1-2H3. The van der Waals surface area contributed by atoms with E-state index in [-0.39, 0.29) is 6.04 Å². The summed E-state index contributed by atoms with van der Waals surface area (Å²) in [6.45, 7) is 7.44. The summed E-state index contributed by atoms with van der Waals surface area (Å²) >= 11 is 0. The van der Waals surface area contributed by atoms with Crippen LogP contribution in [0.4, 0.5) is 0 Å². The Hall–Kier alpha value is -0.900. The average molecular weight is 275 g/mol. The summed E-state index contributed by atoms with van der Waals surface area (Å²) in [6.07, 6.45) is 5.08. The number of piperidine rings is 1. The number of nitrogens with zero attached hydrogens (tertiary/aromatic N) is 1. The molecule has 1 unspecified atom stereocenters. The third-order valence-corrected chi connectivity index (χ3v) is 3.96. The Morgan fingerprint density at radius 2 is 1.75 bits per heavy atom. The summed E-state index contributed by atoms with van der Waals surface area (Å²) in [6, 6.07) is 9.19. The van der Waals surface area contributed by atoms with Crippen molar-refractivity contribution < 1.29 is 0 Å². The average Bonchev–Trinajstić information content (AvgIpc) is 2.46. The Kier molecular flexibility index (Phi) is 6.02. The predicted molar refractivity (Wildman–Crippen MR) is 85.3 cm³/mol. The van der Waals surface area contributed by atoms with Gasteiger partial charge in [0.2, 0.25) is 0 Å². The van der Waals surface area contributed by atoms with E-state index in [2.05, 4.69) is 48.5 Å². The fourth-order valence-corrected chi connectivity index (χ4v) is 2.86. The lowest BCUT2D eigenvalue weighted by molar-refractivity contribution is 0.130. The zero-order valence-corrected chi connectivity index (χ0v) is 12.9. The van der Waals surface area contributed by atoms with Gasteiger partial charge < -0.3 is 5.73 Å². The number of rotatable bonds is 6. The maximum absolute atomic E-state index is 5.95. The molecule has 1 heterocycles. The Morgan fingerprint density at radius 3 is 2.30 bits per heavy atom. The summed E-state index contributed by atoms with van der Waals surface area (Å²) in [7, 11) is 0. The van der Waals surface area contributed by atoms with Gasteiger partial charge in [0.1, 0.15) is 0 Å². The van der Waals surface area contributed by atoms with E-state index in [9.17, 15) is 0 Å². The van der Waals surface area contributed by atoms with Crippen LogP contribution >= 0.6 is 0 Å². The minimum Gasteiger partial charge on any atom is -0.329 e. The molecule has 1 aliphatic heterocycles. The molecule has 0 spiro atoms. The van der Waals surface area contributed by atoms with Crippen LogP contribution in [-0.2, 0) is 6.42 Å². The molecule has 1 aromatic rings. The second kappa shape index (κ2) is 7.77. The molecule has 0 bridgehead atoms. The number of hydrogen-bond donors (Lipinski definition) is 2. The summed E-state index contributed by atoms with van der Waals surface area (Å²) in [5.41, 5.74) is 12.3. The lowest BCUT2D eigenvalue weighted by Crippen LogP contribution is -2.45. The van der Waals surface area contributed by atoms with Gasteiger partial charge in [-0.05, 0) is 36.3 Å². The van der Waals surface area contributed by atoms with Crippen LogP contribution in [0.5, 0.6) is 0 Å². The highest BCUT2D eigenvalue weighted by atomic mass is 15.5. The van der Waals surface area contributed by atoms with Crippen LogP contribution in [0.1, 0.15) is 50.3 Å². The molecule has 3 nitrogen and oxygen atoms in total. The number of nitrogens with one attached hydrogen (secondary N) is 1. The molecule has 112 valence electrons. The van der Waals surface area contributed by atoms with Gasteiger partial charge in [-0.2, -0.15) is 0 Å². The first kappa shape index (κ1) is 15.5. The molecule has 20 heavy (non-hydrogen) atoms. The van der Waals surface area contributed by atoms with Crippen molar-refractivity contribution in [3.8, 4) is 0 Å². The van der Waals surface area contributed by atoms with Gasteiger partial charge in [0.05, 0.1) is 6.04 Å². The van der Waals surface area contributed by atoms with Crippen molar-refractivity contribution in [3.63, 3.8) is 0 Å². The van der Waals surface area contributed by atoms with Crippen molar-refractivity contribution in [2.75, 3.05) is 19.6 Å². The zero-order chi connectivity index (χ0) is 14.4. The van der Waals surface area contributed by atoms with Crippen LogP contribution in [0.3, 0.4) is 0 Å². The molecule has 3 heteroatoms. The third kappa shape index (κ3) is 4.58. The zero-order valence-electron chi connectivity index (χ0n) is 12.9. The van der Waals surface area contributed by atoms with Gasteiger partial charge >= 0.3 is 0 Å². The maximum Gasteiger partial charge on any atom is 0.0587 e. The lowest BCUT2D eigenvalue weighted by atomic mass is 9.99. The van der Waals surface area contributed by atoms with Crippen LogP contribution in [0.2, 0.25) is 0 Å². The molecule has 0 aliphatic carbocycles. The molecule has 1 saturated heterocycles. The molecular formula is C17H29N3. The van der Waals surface area contributed by atoms with Crippen LogP contribution in [-0.4, -0.2) is 24.6 Å². The van der Waals surface area contributed by atoms with Crippen molar-refractivity contribution in [3.05, 3.63) is 35.4 Å². The minimum atomic E-state index is 0.237. The first-order valence-corrected chi connectivity index (χ1v) is 7.99. The molecule has 0 amide bonds. The van der Waals surface area contributed by atoms with Gasteiger partial charge in [-0.15, -0.1) is 0 Å². The van der Waals surface area contributed by atoms with Crippen LogP contribution in [0.15, 0.2) is 24.3 Å². The van der Waals surface area contributed by atoms with Crippen molar-refractivity contribution in [1.82, 2.24) is 10.4 Å². The Labute approximate surface area is 123 Å². The van der Waals surface area contributed by atoms with Crippen LogP contribution in [0, 0.1) is 5.92 Å². The van der Waals surface area contributed by atoms with E-state index in [1.165, 1.54) is 30.4 Å². The first-order valence-electron chi connectivity index (χ1n) is 7.99. The molecule has 0 aromatic heterocycles.